The van der Waals surface area contributed by atoms with E-state index in [1.54, 1.807) is 0 Å². The number of rotatable bonds is 2. The van der Waals surface area contributed by atoms with Gasteiger partial charge < -0.3 is 11.1 Å². The van der Waals surface area contributed by atoms with E-state index in [-0.39, 0.29) is 12.1 Å². The lowest BCUT2D eigenvalue weighted by Gasteiger charge is -2.17. The fraction of sp³-hybridized carbons (Fsp3) is 0.125. The molecule has 2 aromatic rings. The molecule has 14 heteroatoms. The molecule has 0 heterocycles. The van der Waals surface area contributed by atoms with Gasteiger partial charge in [0.05, 0.1) is 27.5 Å². The third-order valence-electron chi connectivity index (χ3n) is 3.53. The highest BCUT2D eigenvalue weighted by molar-refractivity contribution is 6.34. The topological polar surface area (TPSA) is 84.2 Å². The molecule has 0 saturated heterocycles. The van der Waals surface area contributed by atoms with Crippen molar-refractivity contribution in [3.63, 3.8) is 0 Å². The Kier molecular flexibility index (Phi) is 6.16. The number of alkyl halides is 6. The Morgan fingerprint density at radius 1 is 0.967 bits per heavy atom. The first kappa shape index (κ1) is 23.2. The lowest BCUT2D eigenvalue weighted by atomic mass is 10.1. The van der Waals surface area contributed by atoms with E-state index >= 15 is 0 Å². The number of hydrogen-bond acceptors (Lipinski definition) is 3. The summed E-state index contributed by atoms with van der Waals surface area (Å²) in [5.74, 6) is -4.66. The van der Waals surface area contributed by atoms with Crippen LogP contribution in [0.25, 0.3) is 0 Å². The van der Waals surface area contributed by atoms with Gasteiger partial charge in [0.15, 0.2) is 5.82 Å². The zero-order valence-electron chi connectivity index (χ0n) is 14.1. The second-order valence-electron chi connectivity index (χ2n) is 5.61. The number of urea groups is 1. The summed E-state index contributed by atoms with van der Waals surface area (Å²) < 4.78 is 105. The van der Waals surface area contributed by atoms with Gasteiger partial charge in [0, 0.05) is 0 Å². The molecule has 2 rings (SSSR count). The van der Waals surface area contributed by atoms with Crippen molar-refractivity contribution in [1.29, 1.82) is 0 Å². The largest absolute Gasteiger partial charge is 0.417 e. The lowest BCUT2D eigenvalue weighted by Crippen LogP contribution is -2.35. The average molecular weight is 462 g/mol. The Labute approximate surface area is 166 Å². The van der Waals surface area contributed by atoms with Crippen LogP contribution >= 0.6 is 11.6 Å². The maximum Gasteiger partial charge on any atom is 0.417 e. The Morgan fingerprint density at radius 3 is 2.10 bits per heavy atom. The standard InChI is InChI=1S/C16H8ClF8N3O2/c17-11-6(16(23,24)25)3-5(15(20,21)22)4-9(11)27-14(30)28-13(29)10-7(18)1-2-8(26)12(10)19/h1-4H,26H2,(H2,27,28,29,30). The first-order valence-electron chi connectivity index (χ1n) is 7.46. The number of carbonyl (C=O) groups excluding carboxylic acids is 2. The number of anilines is 2. The number of amides is 3. The normalized spacial score (nSPS) is 11.9. The van der Waals surface area contributed by atoms with E-state index in [0.29, 0.717) is 6.07 Å². The molecule has 5 nitrogen and oxygen atoms in total. The molecule has 0 radical (unpaired) electrons. The highest BCUT2D eigenvalue weighted by Gasteiger charge is 2.39. The van der Waals surface area contributed by atoms with Crippen molar-refractivity contribution in [3.05, 3.63) is 57.6 Å². The molecule has 0 aliphatic heterocycles. The summed E-state index contributed by atoms with van der Waals surface area (Å²) in [5.41, 5.74) is -1.65. The fourth-order valence-electron chi connectivity index (χ4n) is 2.18. The van der Waals surface area contributed by atoms with Crippen LogP contribution in [0.3, 0.4) is 0 Å². The summed E-state index contributed by atoms with van der Waals surface area (Å²) in [6.45, 7) is 0. The summed E-state index contributed by atoms with van der Waals surface area (Å²) in [6.07, 6.45) is -10.5. The molecule has 0 unspecified atom stereocenters. The van der Waals surface area contributed by atoms with E-state index in [0.717, 1.165) is 6.07 Å². The number of halogens is 9. The van der Waals surface area contributed by atoms with Gasteiger partial charge in [-0.15, -0.1) is 0 Å². The first-order valence-corrected chi connectivity index (χ1v) is 7.84. The number of benzene rings is 2. The fourth-order valence-corrected chi connectivity index (χ4v) is 2.44. The molecular weight excluding hydrogens is 454 g/mol. The van der Waals surface area contributed by atoms with Crippen LogP contribution in [0.15, 0.2) is 24.3 Å². The molecule has 0 aliphatic rings. The Hall–Kier alpha value is -3.09. The molecule has 162 valence electrons. The average Bonchev–Trinajstić information content (AvgIpc) is 2.58. The maximum absolute atomic E-state index is 13.8. The van der Waals surface area contributed by atoms with Gasteiger partial charge in [-0.25, -0.2) is 13.6 Å². The highest BCUT2D eigenvalue weighted by atomic mass is 35.5. The van der Waals surface area contributed by atoms with Crippen LogP contribution in [0.2, 0.25) is 5.02 Å². The summed E-state index contributed by atoms with van der Waals surface area (Å²) in [5, 5.41) is 1.56. The minimum atomic E-state index is -5.31. The molecule has 0 saturated carbocycles. The van der Waals surface area contributed by atoms with Crippen molar-refractivity contribution in [2.75, 3.05) is 11.1 Å². The number of nitrogens with two attached hydrogens (primary N) is 1. The third-order valence-corrected chi connectivity index (χ3v) is 3.94. The lowest BCUT2D eigenvalue weighted by molar-refractivity contribution is -0.142. The summed E-state index contributed by atoms with van der Waals surface area (Å²) in [7, 11) is 0. The van der Waals surface area contributed by atoms with Crippen molar-refractivity contribution >= 4 is 34.9 Å². The van der Waals surface area contributed by atoms with Crippen molar-refractivity contribution < 1.29 is 44.7 Å². The van der Waals surface area contributed by atoms with E-state index in [2.05, 4.69) is 0 Å². The molecule has 0 spiro atoms. The molecule has 0 bridgehead atoms. The molecular formula is C16H8ClF8N3O2. The SMILES string of the molecule is Nc1ccc(F)c(C(=O)NC(=O)Nc2cc(C(F)(F)F)cc(C(F)(F)F)c2Cl)c1F. The van der Waals surface area contributed by atoms with Crippen molar-refractivity contribution in [2.45, 2.75) is 12.4 Å². The Balaban J connectivity index is 2.37. The van der Waals surface area contributed by atoms with E-state index in [1.807, 2.05) is 0 Å². The summed E-state index contributed by atoms with van der Waals surface area (Å²) >= 11 is 5.43. The Morgan fingerprint density at radius 2 is 1.57 bits per heavy atom. The van der Waals surface area contributed by atoms with Crippen LogP contribution < -0.4 is 16.4 Å². The molecule has 0 aliphatic carbocycles. The van der Waals surface area contributed by atoms with Crippen LogP contribution in [-0.4, -0.2) is 11.9 Å². The van der Waals surface area contributed by atoms with Crippen molar-refractivity contribution in [1.82, 2.24) is 5.32 Å². The maximum atomic E-state index is 13.8. The van der Waals surface area contributed by atoms with Gasteiger partial charge in [0.1, 0.15) is 11.4 Å². The van der Waals surface area contributed by atoms with Gasteiger partial charge >= 0.3 is 18.4 Å². The van der Waals surface area contributed by atoms with Gasteiger partial charge in [0.2, 0.25) is 0 Å². The second kappa shape index (κ2) is 7.97. The summed E-state index contributed by atoms with van der Waals surface area (Å²) in [6, 6.07) is -0.514. The molecule has 2 aromatic carbocycles. The van der Waals surface area contributed by atoms with E-state index < -0.39 is 69.0 Å². The van der Waals surface area contributed by atoms with Gasteiger partial charge in [-0.1, -0.05) is 11.6 Å². The molecule has 0 aromatic heterocycles. The van der Waals surface area contributed by atoms with Crippen LogP contribution in [-0.2, 0) is 12.4 Å². The third kappa shape index (κ3) is 4.90. The molecule has 0 fully saturated rings. The van der Waals surface area contributed by atoms with Gasteiger partial charge in [-0.3, -0.25) is 10.1 Å². The van der Waals surface area contributed by atoms with Crippen molar-refractivity contribution in [2.24, 2.45) is 0 Å². The van der Waals surface area contributed by atoms with Crippen LogP contribution in [0.4, 0.5) is 51.3 Å². The zero-order valence-corrected chi connectivity index (χ0v) is 14.9. The van der Waals surface area contributed by atoms with Gasteiger partial charge in [-0.2, -0.15) is 26.3 Å². The van der Waals surface area contributed by atoms with Gasteiger partial charge in [-0.05, 0) is 24.3 Å². The molecule has 0 atom stereocenters. The zero-order chi connectivity index (χ0) is 23.0. The summed E-state index contributed by atoms with van der Waals surface area (Å²) in [4.78, 5) is 23.7. The monoisotopic (exact) mass is 461 g/mol. The number of imide groups is 1. The minimum Gasteiger partial charge on any atom is -0.396 e. The number of nitrogen functional groups attached to an aromatic ring is 1. The van der Waals surface area contributed by atoms with Gasteiger partial charge in [0.25, 0.3) is 5.91 Å². The number of hydrogen-bond donors (Lipinski definition) is 3. The molecule has 3 amide bonds. The highest BCUT2D eigenvalue weighted by Crippen LogP contribution is 2.42. The predicted octanol–water partition coefficient (Wildman–Crippen LogP) is 5.20. The van der Waals surface area contributed by atoms with Crippen LogP contribution in [0.1, 0.15) is 21.5 Å². The Bertz CT molecular complexity index is 1020. The second-order valence-corrected chi connectivity index (χ2v) is 5.99. The van der Waals surface area contributed by atoms with Crippen molar-refractivity contribution in [3.8, 4) is 0 Å². The predicted molar refractivity (Wildman–Crippen MR) is 88.7 cm³/mol. The van der Waals surface area contributed by atoms with E-state index in [4.69, 9.17) is 17.3 Å². The molecule has 30 heavy (non-hydrogen) atoms. The number of nitrogens with one attached hydrogen (secondary N) is 2. The van der Waals surface area contributed by atoms with E-state index in [9.17, 15) is 44.7 Å². The van der Waals surface area contributed by atoms with Crippen LogP contribution in [0, 0.1) is 11.6 Å². The van der Waals surface area contributed by atoms with E-state index in [1.165, 1.54) is 10.6 Å². The molecule has 4 N–H and O–H groups in total. The first-order chi connectivity index (χ1) is 13.6. The van der Waals surface area contributed by atoms with Crippen LogP contribution in [0.5, 0.6) is 0 Å². The number of carbonyl (C=O) groups is 2. The quantitative estimate of drug-likeness (QED) is 0.424. The minimum absolute atomic E-state index is 0.0866. The smallest absolute Gasteiger partial charge is 0.396 e.